The highest BCUT2D eigenvalue weighted by molar-refractivity contribution is 7.98. The van der Waals surface area contributed by atoms with Gasteiger partial charge in [0.05, 0.1) is 17.7 Å². The first-order chi connectivity index (χ1) is 9.98. The van der Waals surface area contributed by atoms with Crippen LogP contribution in [0.2, 0.25) is 0 Å². The normalized spacial score (nSPS) is 11.2. The molecule has 0 aliphatic carbocycles. The van der Waals surface area contributed by atoms with E-state index < -0.39 is 10.0 Å². The monoisotopic (exact) mass is 323 g/mol. The first-order valence-electron chi connectivity index (χ1n) is 6.26. The van der Waals surface area contributed by atoms with Gasteiger partial charge in [0.15, 0.2) is 0 Å². The van der Waals surface area contributed by atoms with Crippen molar-refractivity contribution in [3.63, 3.8) is 0 Å². The van der Waals surface area contributed by atoms with Crippen LogP contribution in [0.1, 0.15) is 0 Å². The van der Waals surface area contributed by atoms with E-state index in [0.29, 0.717) is 11.4 Å². The third-order valence-electron chi connectivity index (χ3n) is 3.15. The maximum Gasteiger partial charge on any atom is 0.264 e. The molecule has 2 aromatic rings. The van der Waals surface area contributed by atoms with Crippen molar-refractivity contribution in [2.45, 2.75) is 9.79 Å². The number of thioether (sulfide) groups is 1. The quantitative estimate of drug-likeness (QED) is 0.793. The Bertz CT molecular complexity index is 695. The number of nitrogens with zero attached hydrogens (tertiary/aromatic N) is 1. The fraction of sp³-hybridized carbons (Fsp3) is 0.200. The van der Waals surface area contributed by atoms with Gasteiger partial charge in [-0.1, -0.05) is 0 Å². The molecule has 0 amide bonds. The lowest BCUT2D eigenvalue weighted by Gasteiger charge is -2.19. The number of ether oxygens (including phenoxy) is 1. The molecule has 0 aliphatic rings. The third-order valence-corrected chi connectivity index (χ3v) is 5.70. The molecule has 4 nitrogen and oxygen atoms in total. The Balaban J connectivity index is 2.32. The van der Waals surface area contributed by atoms with Gasteiger partial charge in [-0.2, -0.15) is 0 Å². The molecule has 0 saturated carbocycles. The fourth-order valence-electron chi connectivity index (χ4n) is 1.84. The van der Waals surface area contributed by atoms with E-state index in [1.165, 1.54) is 4.31 Å². The highest BCUT2D eigenvalue weighted by atomic mass is 32.2. The molecule has 0 atom stereocenters. The molecule has 0 aliphatic heterocycles. The van der Waals surface area contributed by atoms with Gasteiger partial charge in [-0.15, -0.1) is 11.8 Å². The number of methoxy groups -OCH3 is 1. The number of benzene rings is 2. The lowest BCUT2D eigenvalue weighted by molar-refractivity contribution is 0.415. The van der Waals surface area contributed by atoms with E-state index in [4.69, 9.17) is 4.74 Å². The molecule has 0 fully saturated rings. The van der Waals surface area contributed by atoms with Gasteiger partial charge < -0.3 is 4.74 Å². The first kappa shape index (κ1) is 15.7. The van der Waals surface area contributed by atoms with Crippen molar-refractivity contribution in [2.75, 3.05) is 24.7 Å². The molecule has 0 spiro atoms. The van der Waals surface area contributed by atoms with Crippen LogP contribution in [0.25, 0.3) is 0 Å². The van der Waals surface area contributed by atoms with Crippen LogP contribution < -0.4 is 9.04 Å². The van der Waals surface area contributed by atoms with Crippen LogP contribution in [-0.4, -0.2) is 28.8 Å². The third kappa shape index (κ3) is 3.33. The number of sulfonamides is 1. The second kappa shape index (κ2) is 6.41. The predicted molar refractivity (Wildman–Crippen MR) is 86.8 cm³/mol. The zero-order valence-corrected chi connectivity index (χ0v) is 13.7. The van der Waals surface area contributed by atoms with Crippen LogP contribution in [-0.2, 0) is 10.0 Å². The molecular formula is C15H17NO3S2. The van der Waals surface area contributed by atoms with Crippen molar-refractivity contribution in [3.8, 4) is 5.75 Å². The van der Waals surface area contributed by atoms with Gasteiger partial charge >= 0.3 is 0 Å². The van der Waals surface area contributed by atoms with Gasteiger partial charge in [0.25, 0.3) is 10.0 Å². The molecule has 0 bridgehead atoms. The fourth-order valence-corrected chi connectivity index (χ4v) is 3.44. The van der Waals surface area contributed by atoms with Crippen molar-refractivity contribution in [2.24, 2.45) is 0 Å². The molecular weight excluding hydrogens is 306 g/mol. The van der Waals surface area contributed by atoms with Gasteiger partial charge in [-0.25, -0.2) is 8.42 Å². The summed E-state index contributed by atoms with van der Waals surface area (Å²) >= 11 is 1.57. The molecule has 6 heteroatoms. The van der Waals surface area contributed by atoms with Crippen molar-refractivity contribution < 1.29 is 13.2 Å². The number of rotatable bonds is 5. The zero-order chi connectivity index (χ0) is 15.5. The zero-order valence-electron chi connectivity index (χ0n) is 12.1. The molecule has 0 unspecified atom stereocenters. The summed E-state index contributed by atoms with van der Waals surface area (Å²) in [7, 11) is -0.440. The molecule has 0 radical (unpaired) electrons. The largest absolute Gasteiger partial charge is 0.497 e. The summed E-state index contributed by atoms with van der Waals surface area (Å²) in [6.45, 7) is 0. The van der Waals surface area contributed by atoms with Crippen LogP contribution in [0.5, 0.6) is 5.75 Å². The van der Waals surface area contributed by atoms with Gasteiger partial charge in [-0.3, -0.25) is 4.31 Å². The molecule has 21 heavy (non-hydrogen) atoms. The van der Waals surface area contributed by atoms with E-state index in [1.54, 1.807) is 74.5 Å². The van der Waals surface area contributed by atoms with Crippen molar-refractivity contribution >= 4 is 27.5 Å². The van der Waals surface area contributed by atoms with Gasteiger partial charge in [0, 0.05) is 11.9 Å². The molecule has 0 aromatic heterocycles. The molecule has 0 saturated heterocycles. The van der Waals surface area contributed by atoms with Crippen molar-refractivity contribution in [1.29, 1.82) is 0 Å². The van der Waals surface area contributed by atoms with Crippen molar-refractivity contribution in [1.82, 2.24) is 0 Å². The Hall–Kier alpha value is -1.66. The predicted octanol–water partition coefficient (Wildman–Crippen LogP) is 3.24. The van der Waals surface area contributed by atoms with Crippen LogP contribution >= 0.6 is 11.8 Å². The second-order valence-electron chi connectivity index (χ2n) is 4.35. The van der Waals surface area contributed by atoms with Gasteiger partial charge in [-0.05, 0) is 54.8 Å². The Morgan fingerprint density at radius 1 is 1.00 bits per heavy atom. The molecule has 112 valence electrons. The lowest BCUT2D eigenvalue weighted by Crippen LogP contribution is -2.26. The summed E-state index contributed by atoms with van der Waals surface area (Å²) in [5.41, 5.74) is 0.588. The highest BCUT2D eigenvalue weighted by Crippen LogP contribution is 2.25. The Morgan fingerprint density at radius 2 is 1.57 bits per heavy atom. The Kier molecular flexibility index (Phi) is 4.80. The second-order valence-corrected chi connectivity index (χ2v) is 7.20. The van der Waals surface area contributed by atoms with E-state index in [-0.39, 0.29) is 4.90 Å². The Morgan fingerprint density at radius 3 is 2.05 bits per heavy atom. The van der Waals surface area contributed by atoms with E-state index in [1.807, 2.05) is 6.26 Å². The summed E-state index contributed by atoms with van der Waals surface area (Å²) in [6.07, 6.45) is 1.95. The van der Waals surface area contributed by atoms with Gasteiger partial charge in [0.1, 0.15) is 5.75 Å². The lowest BCUT2D eigenvalue weighted by atomic mass is 10.3. The number of hydrogen-bond donors (Lipinski definition) is 0. The first-order valence-corrected chi connectivity index (χ1v) is 8.92. The summed E-state index contributed by atoms with van der Waals surface area (Å²) in [5.74, 6) is 0.689. The maximum absolute atomic E-state index is 12.6. The average molecular weight is 323 g/mol. The summed E-state index contributed by atoms with van der Waals surface area (Å²) in [4.78, 5) is 1.31. The molecule has 0 heterocycles. The van der Waals surface area contributed by atoms with E-state index in [2.05, 4.69) is 0 Å². The van der Waals surface area contributed by atoms with Crippen LogP contribution in [0.15, 0.2) is 58.3 Å². The number of anilines is 1. The van der Waals surface area contributed by atoms with E-state index in [0.717, 1.165) is 4.90 Å². The standard InChI is InChI=1S/C15H17NO3S2/c1-16(12-4-6-13(19-2)7-5-12)21(17,18)15-10-8-14(20-3)9-11-15/h4-11H,1-3H3. The average Bonchev–Trinajstić information content (AvgIpc) is 2.54. The molecule has 0 N–H and O–H groups in total. The van der Waals surface area contributed by atoms with E-state index in [9.17, 15) is 8.42 Å². The van der Waals surface area contributed by atoms with Crippen LogP contribution in [0.3, 0.4) is 0 Å². The van der Waals surface area contributed by atoms with Gasteiger partial charge in [0.2, 0.25) is 0 Å². The minimum atomic E-state index is -3.55. The Labute approximate surface area is 129 Å². The van der Waals surface area contributed by atoms with Crippen LogP contribution in [0, 0.1) is 0 Å². The SMILES string of the molecule is COc1ccc(N(C)S(=O)(=O)c2ccc(SC)cc2)cc1. The maximum atomic E-state index is 12.6. The van der Waals surface area contributed by atoms with Crippen molar-refractivity contribution in [3.05, 3.63) is 48.5 Å². The topological polar surface area (TPSA) is 46.6 Å². The summed E-state index contributed by atoms with van der Waals surface area (Å²) in [6, 6.07) is 13.8. The van der Waals surface area contributed by atoms with E-state index >= 15 is 0 Å². The molecule has 2 aromatic carbocycles. The smallest absolute Gasteiger partial charge is 0.264 e. The summed E-state index contributed by atoms with van der Waals surface area (Å²) in [5, 5.41) is 0. The number of hydrogen-bond acceptors (Lipinski definition) is 4. The highest BCUT2D eigenvalue weighted by Gasteiger charge is 2.21. The minimum absolute atomic E-state index is 0.276. The summed E-state index contributed by atoms with van der Waals surface area (Å²) < 4.78 is 31.5. The van der Waals surface area contributed by atoms with Crippen LogP contribution in [0.4, 0.5) is 5.69 Å². The minimum Gasteiger partial charge on any atom is -0.497 e. The molecule has 2 rings (SSSR count).